The van der Waals surface area contributed by atoms with E-state index < -0.39 is 18.8 Å². The van der Waals surface area contributed by atoms with E-state index in [0.717, 1.165) is 6.07 Å². The lowest BCUT2D eigenvalue weighted by atomic mass is 9.74. The first-order valence-corrected chi connectivity index (χ1v) is 4.96. The van der Waals surface area contributed by atoms with Crippen molar-refractivity contribution in [3.63, 3.8) is 0 Å². The zero-order valence-corrected chi connectivity index (χ0v) is 8.90. The van der Waals surface area contributed by atoms with E-state index in [9.17, 15) is 9.18 Å². The van der Waals surface area contributed by atoms with E-state index in [2.05, 4.69) is 0 Å². The Labute approximate surface area is 93.0 Å². The van der Waals surface area contributed by atoms with Gasteiger partial charge in [0, 0.05) is 11.0 Å². The molecule has 0 fully saturated rings. The van der Waals surface area contributed by atoms with E-state index in [4.69, 9.17) is 15.8 Å². The van der Waals surface area contributed by atoms with Crippen LogP contribution in [0.2, 0.25) is 0 Å². The Morgan fingerprint density at radius 1 is 1.50 bits per heavy atom. The van der Waals surface area contributed by atoms with Crippen molar-refractivity contribution in [1.82, 2.24) is 0 Å². The Bertz CT molecular complexity index is 409. The molecule has 1 amide bonds. The van der Waals surface area contributed by atoms with Gasteiger partial charge in [-0.2, -0.15) is 0 Å². The predicted octanol–water partition coefficient (Wildman–Crippen LogP) is -0.443. The third-order valence-electron chi connectivity index (χ3n) is 2.33. The zero-order valence-electron chi connectivity index (χ0n) is 8.90. The van der Waals surface area contributed by atoms with Crippen LogP contribution in [0.15, 0.2) is 12.1 Å². The Balaban J connectivity index is 3.43. The van der Waals surface area contributed by atoms with Crippen molar-refractivity contribution >= 4 is 18.5 Å². The molecule has 0 aliphatic rings. The molecule has 16 heavy (non-hydrogen) atoms. The van der Waals surface area contributed by atoms with E-state index in [1.54, 1.807) is 0 Å². The van der Waals surface area contributed by atoms with Gasteiger partial charge in [-0.25, -0.2) is 4.39 Å². The number of benzene rings is 1. The second-order valence-electron chi connectivity index (χ2n) is 3.48. The van der Waals surface area contributed by atoms with E-state index in [1.807, 2.05) is 6.92 Å². The molecular formula is C10H13BFNO3. The van der Waals surface area contributed by atoms with Gasteiger partial charge in [-0.05, 0) is 24.1 Å². The first-order valence-electron chi connectivity index (χ1n) is 4.96. The minimum atomic E-state index is -1.94. The first kappa shape index (κ1) is 12.7. The van der Waals surface area contributed by atoms with Gasteiger partial charge in [0.05, 0.1) is 0 Å². The second kappa shape index (κ2) is 5.09. The fraction of sp³-hybridized carbons (Fsp3) is 0.300. The number of rotatable bonds is 4. The van der Waals surface area contributed by atoms with Gasteiger partial charge in [0.2, 0.25) is 5.91 Å². The molecule has 0 aromatic heterocycles. The van der Waals surface area contributed by atoms with Crippen LogP contribution >= 0.6 is 0 Å². The minimum Gasteiger partial charge on any atom is -0.423 e. The quantitative estimate of drug-likeness (QED) is 0.607. The number of primary amides is 1. The third-order valence-corrected chi connectivity index (χ3v) is 2.33. The molecule has 0 saturated heterocycles. The van der Waals surface area contributed by atoms with Gasteiger partial charge in [-0.15, -0.1) is 0 Å². The van der Waals surface area contributed by atoms with Crippen LogP contribution in [-0.4, -0.2) is 23.1 Å². The molecule has 1 rings (SSSR count). The summed E-state index contributed by atoms with van der Waals surface area (Å²) in [6.07, 6.45) is 1.01. The molecular weight excluding hydrogens is 212 g/mol. The summed E-state index contributed by atoms with van der Waals surface area (Å²) in [5, 5.41) is 18.2. The largest absolute Gasteiger partial charge is 0.491 e. The summed E-state index contributed by atoms with van der Waals surface area (Å²) in [5.41, 5.74) is 5.27. The Kier molecular flexibility index (Phi) is 4.03. The summed E-state index contributed by atoms with van der Waals surface area (Å²) in [6, 6.07) is 2.27. The van der Waals surface area contributed by atoms with Crippen LogP contribution in [0.5, 0.6) is 0 Å². The van der Waals surface area contributed by atoms with Crippen LogP contribution in [0.1, 0.15) is 29.3 Å². The highest BCUT2D eigenvalue weighted by atomic mass is 19.1. The van der Waals surface area contributed by atoms with Gasteiger partial charge in [-0.1, -0.05) is 13.3 Å². The van der Waals surface area contributed by atoms with Crippen LogP contribution < -0.4 is 11.2 Å². The highest BCUT2D eigenvalue weighted by molar-refractivity contribution is 6.59. The van der Waals surface area contributed by atoms with Gasteiger partial charge in [0.1, 0.15) is 5.82 Å². The molecule has 0 aliphatic carbocycles. The summed E-state index contributed by atoms with van der Waals surface area (Å²) in [7, 11) is -1.94. The molecule has 0 bridgehead atoms. The summed E-state index contributed by atoms with van der Waals surface area (Å²) >= 11 is 0. The predicted molar refractivity (Wildman–Crippen MR) is 58.7 cm³/mol. The van der Waals surface area contributed by atoms with Crippen molar-refractivity contribution in [3.05, 3.63) is 29.1 Å². The van der Waals surface area contributed by atoms with Crippen molar-refractivity contribution in [2.75, 3.05) is 0 Å². The maximum atomic E-state index is 13.4. The average Bonchev–Trinajstić information content (AvgIpc) is 2.17. The minimum absolute atomic E-state index is 0.131. The maximum absolute atomic E-state index is 13.4. The molecule has 0 heterocycles. The highest BCUT2D eigenvalue weighted by Crippen LogP contribution is 2.11. The molecule has 4 N–H and O–H groups in total. The molecule has 1 aromatic carbocycles. The number of amides is 1. The van der Waals surface area contributed by atoms with Crippen molar-refractivity contribution in [2.45, 2.75) is 19.8 Å². The smallest absolute Gasteiger partial charge is 0.423 e. The van der Waals surface area contributed by atoms with Crippen LogP contribution in [0.25, 0.3) is 0 Å². The van der Waals surface area contributed by atoms with Crippen molar-refractivity contribution in [1.29, 1.82) is 0 Å². The van der Waals surface area contributed by atoms with Crippen LogP contribution in [-0.2, 0) is 6.42 Å². The van der Waals surface area contributed by atoms with Gasteiger partial charge >= 0.3 is 7.12 Å². The second-order valence-corrected chi connectivity index (χ2v) is 3.48. The monoisotopic (exact) mass is 225 g/mol. The molecule has 0 atom stereocenters. The fourth-order valence-corrected chi connectivity index (χ4v) is 1.67. The van der Waals surface area contributed by atoms with Gasteiger partial charge in [0.15, 0.2) is 0 Å². The van der Waals surface area contributed by atoms with Gasteiger partial charge in [-0.3, -0.25) is 4.79 Å². The van der Waals surface area contributed by atoms with E-state index >= 15 is 0 Å². The lowest BCUT2D eigenvalue weighted by molar-refractivity contribution is 0.0999. The topological polar surface area (TPSA) is 83.6 Å². The molecule has 86 valence electrons. The lowest BCUT2D eigenvalue weighted by Crippen LogP contribution is -2.38. The Morgan fingerprint density at radius 2 is 2.12 bits per heavy atom. The number of hydrogen-bond donors (Lipinski definition) is 3. The van der Waals surface area contributed by atoms with E-state index in [-0.39, 0.29) is 16.6 Å². The third kappa shape index (κ3) is 2.40. The standard InChI is InChI=1S/C10H13BFNO3/c1-2-3-6-7(10(13)14)4-5-8(12)9(6)11(15)16/h4-5,15-16H,2-3H2,1H3,(H2,13,14). The molecule has 0 spiro atoms. The Morgan fingerprint density at radius 3 is 2.56 bits per heavy atom. The normalized spacial score (nSPS) is 10.2. The lowest BCUT2D eigenvalue weighted by Gasteiger charge is -2.12. The molecule has 0 radical (unpaired) electrons. The Hall–Kier alpha value is -1.40. The molecule has 0 aliphatic heterocycles. The molecule has 0 saturated carbocycles. The number of carbonyl (C=O) groups is 1. The van der Waals surface area contributed by atoms with Gasteiger partial charge in [0.25, 0.3) is 0 Å². The first-order chi connectivity index (χ1) is 7.49. The number of nitrogens with two attached hydrogens (primary N) is 1. The summed E-state index contributed by atoms with van der Waals surface area (Å²) in [5.74, 6) is -1.45. The number of carbonyl (C=O) groups excluding carboxylic acids is 1. The van der Waals surface area contributed by atoms with Crippen LogP contribution in [0, 0.1) is 5.82 Å². The van der Waals surface area contributed by atoms with Crippen molar-refractivity contribution in [2.24, 2.45) is 5.73 Å². The summed E-state index contributed by atoms with van der Waals surface area (Å²) in [6.45, 7) is 1.84. The summed E-state index contributed by atoms with van der Waals surface area (Å²) < 4.78 is 13.4. The molecule has 4 nitrogen and oxygen atoms in total. The number of hydrogen-bond acceptors (Lipinski definition) is 3. The average molecular weight is 225 g/mol. The molecule has 0 unspecified atom stereocenters. The van der Waals surface area contributed by atoms with Crippen molar-refractivity contribution in [3.8, 4) is 0 Å². The fourth-order valence-electron chi connectivity index (χ4n) is 1.67. The van der Waals surface area contributed by atoms with E-state index in [1.165, 1.54) is 6.07 Å². The van der Waals surface area contributed by atoms with Crippen LogP contribution in [0.3, 0.4) is 0 Å². The maximum Gasteiger partial charge on any atom is 0.491 e. The molecule has 1 aromatic rings. The SMILES string of the molecule is CCCc1c(C(N)=O)ccc(F)c1B(O)O. The zero-order chi connectivity index (χ0) is 12.3. The highest BCUT2D eigenvalue weighted by Gasteiger charge is 2.24. The van der Waals surface area contributed by atoms with Gasteiger partial charge < -0.3 is 15.8 Å². The number of halogens is 1. The molecule has 6 heteroatoms. The van der Waals surface area contributed by atoms with E-state index in [0.29, 0.717) is 12.8 Å². The summed E-state index contributed by atoms with van der Waals surface area (Å²) in [4.78, 5) is 11.1. The van der Waals surface area contributed by atoms with Crippen molar-refractivity contribution < 1.29 is 19.2 Å². The van der Waals surface area contributed by atoms with Crippen LogP contribution in [0.4, 0.5) is 4.39 Å².